The molecule has 0 amide bonds. The van der Waals surface area contributed by atoms with Crippen LogP contribution in [-0.2, 0) is 0 Å². The smallest absolute Gasteiger partial charge is 0.183 e. The van der Waals surface area contributed by atoms with Gasteiger partial charge in [-0.1, -0.05) is 36.4 Å². The van der Waals surface area contributed by atoms with Crippen molar-refractivity contribution < 1.29 is 0 Å². The summed E-state index contributed by atoms with van der Waals surface area (Å²) in [6, 6.07) is 10.2. The predicted molar refractivity (Wildman–Crippen MR) is 93.1 cm³/mol. The van der Waals surface area contributed by atoms with Gasteiger partial charge in [0.1, 0.15) is 17.7 Å². The number of anilines is 1. The van der Waals surface area contributed by atoms with E-state index in [1.807, 2.05) is 30.4 Å². The molecule has 1 saturated heterocycles. The minimum atomic E-state index is 0.730. The number of hydrogen-bond donors (Lipinski definition) is 1. The largest absolute Gasteiger partial charge is 0.355 e. The van der Waals surface area contributed by atoms with Gasteiger partial charge >= 0.3 is 0 Å². The molecule has 2 aromatic heterocycles. The molecular formula is C18H19N5. The van der Waals surface area contributed by atoms with E-state index in [1.165, 1.54) is 19.3 Å². The zero-order valence-electron chi connectivity index (χ0n) is 12.9. The minimum absolute atomic E-state index is 0.730. The molecule has 1 aromatic carbocycles. The first-order valence-electron chi connectivity index (χ1n) is 8.09. The summed E-state index contributed by atoms with van der Waals surface area (Å²) in [5.74, 6) is 1.78. The molecule has 1 aliphatic rings. The number of nitrogens with one attached hydrogen (secondary N) is 1. The van der Waals surface area contributed by atoms with E-state index in [0.717, 1.165) is 41.5 Å². The molecule has 3 heterocycles. The van der Waals surface area contributed by atoms with Crippen molar-refractivity contribution in [1.29, 1.82) is 0 Å². The molecule has 4 rings (SSSR count). The van der Waals surface area contributed by atoms with Gasteiger partial charge in [0.05, 0.1) is 0 Å². The lowest BCUT2D eigenvalue weighted by molar-refractivity contribution is 0.574. The predicted octanol–water partition coefficient (Wildman–Crippen LogP) is 3.51. The van der Waals surface area contributed by atoms with Gasteiger partial charge in [0, 0.05) is 13.1 Å². The van der Waals surface area contributed by atoms with E-state index in [-0.39, 0.29) is 0 Å². The Labute approximate surface area is 135 Å². The fourth-order valence-electron chi connectivity index (χ4n) is 3.00. The molecule has 5 heteroatoms. The van der Waals surface area contributed by atoms with E-state index < -0.39 is 0 Å². The third kappa shape index (κ3) is 2.95. The Kier molecular flexibility index (Phi) is 3.76. The lowest BCUT2D eigenvalue weighted by atomic mass is 10.1. The maximum absolute atomic E-state index is 4.56. The zero-order valence-corrected chi connectivity index (χ0v) is 12.9. The second-order valence-electron chi connectivity index (χ2n) is 5.81. The molecule has 3 aromatic rings. The summed E-state index contributed by atoms with van der Waals surface area (Å²) in [7, 11) is 0. The van der Waals surface area contributed by atoms with Crippen LogP contribution < -0.4 is 4.90 Å². The van der Waals surface area contributed by atoms with Crippen molar-refractivity contribution in [2.75, 3.05) is 18.0 Å². The van der Waals surface area contributed by atoms with Gasteiger partial charge in [-0.15, -0.1) is 0 Å². The number of hydrogen-bond acceptors (Lipinski definition) is 4. The summed E-state index contributed by atoms with van der Waals surface area (Å²) >= 11 is 0. The quantitative estimate of drug-likeness (QED) is 0.804. The molecule has 116 valence electrons. The highest BCUT2D eigenvalue weighted by Crippen LogP contribution is 2.24. The SMILES string of the molecule is C(=C\c1nc2ncnc(N3CCCCC3)c2[nH]1)/c1ccccc1. The maximum Gasteiger partial charge on any atom is 0.183 e. The molecule has 1 fully saturated rings. The highest BCUT2D eigenvalue weighted by atomic mass is 15.2. The number of aromatic nitrogens is 4. The topological polar surface area (TPSA) is 57.7 Å². The highest BCUT2D eigenvalue weighted by Gasteiger charge is 2.17. The summed E-state index contributed by atoms with van der Waals surface area (Å²) < 4.78 is 0. The standard InChI is InChI=1S/C18H19N5/c1-3-7-14(8-4-1)9-10-15-21-16-17(22-15)19-13-20-18(16)23-11-5-2-6-12-23/h1,3-4,7-10,13H,2,5-6,11-12H2,(H,19,20,21,22)/b10-9+. The van der Waals surface area contributed by atoms with Gasteiger partial charge in [0.2, 0.25) is 0 Å². The fraction of sp³-hybridized carbons (Fsp3) is 0.278. The van der Waals surface area contributed by atoms with Crippen molar-refractivity contribution >= 4 is 29.1 Å². The number of fused-ring (bicyclic) bond motifs is 1. The number of benzene rings is 1. The molecule has 0 saturated carbocycles. The number of nitrogens with zero attached hydrogens (tertiary/aromatic N) is 4. The van der Waals surface area contributed by atoms with Crippen LogP contribution in [-0.4, -0.2) is 33.0 Å². The summed E-state index contributed by atoms with van der Waals surface area (Å²) in [6.45, 7) is 2.11. The molecule has 0 atom stereocenters. The third-order valence-electron chi connectivity index (χ3n) is 4.18. The Balaban J connectivity index is 1.66. The Morgan fingerprint density at radius 1 is 0.957 bits per heavy atom. The second kappa shape index (κ2) is 6.20. The average molecular weight is 305 g/mol. The number of rotatable bonds is 3. The van der Waals surface area contributed by atoms with Crippen LogP contribution in [0.2, 0.25) is 0 Å². The van der Waals surface area contributed by atoms with E-state index in [9.17, 15) is 0 Å². The maximum atomic E-state index is 4.56. The fourth-order valence-corrected chi connectivity index (χ4v) is 3.00. The van der Waals surface area contributed by atoms with Crippen molar-refractivity contribution in [3.05, 3.63) is 48.0 Å². The van der Waals surface area contributed by atoms with Crippen LogP contribution >= 0.6 is 0 Å². The van der Waals surface area contributed by atoms with E-state index in [0.29, 0.717) is 0 Å². The molecule has 0 aliphatic carbocycles. The first-order chi connectivity index (χ1) is 11.4. The van der Waals surface area contributed by atoms with Crippen LogP contribution in [0.25, 0.3) is 23.3 Å². The van der Waals surface area contributed by atoms with Crippen LogP contribution in [0, 0.1) is 0 Å². The zero-order chi connectivity index (χ0) is 15.5. The molecule has 1 N–H and O–H groups in total. The third-order valence-corrected chi connectivity index (χ3v) is 4.18. The molecule has 0 unspecified atom stereocenters. The van der Waals surface area contributed by atoms with Gasteiger partial charge in [0.15, 0.2) is 11.5 Å². The Morgan fingerprint density at radius 3 is 2.61 bits per heavy atom. The monoisotopic (exact) mass is 305 g/mol. The van der Waals surface area contributed by atoms with Gasteiger partial charge in [0.25, 0.3) is 0 Å². The van der Waals surface area contributed by atoms with Gasteiger partial charge in [-0.05, 0) is 30.9 Å². The minimum Gasteiger partial charge on any atom is -0.355 e. The number of aromatic amines is 1. The Morgan fingerprint density at radius 2 is 1.78 bits per heavy atom. The molecule has 0 spiro atoms. The van der Waals surface area contributed by atoms with Crippen molar-refractivity contribution in [2.24, 2.45) is 0 Å². The van der Waals surface area contributed by atoms with Gasteiger partial charge < -0.3 is 9.88 Å². The molecule has 5 nitrogen and oxygen atoms in total. The normalized spacial score (nSPS) is 15.6. The van der Waals surface area contributed by atoms with Crippen LogP contribution in [0.4, 0.5) is 5.82 Å². The van der Waals surface area contributed by atoms with Gasteiger partial charge in [-0.25, -0.2) is 15.0 Å². The first kappa shape index (κ1) is 13.9. The van der Waals surface area contributed by atoms with Crippen LogP contribution in [0.3, 0.4) is 0 Å². The highest BCUT2D eigenvalue weighted by molar-refractivity contribution is 5.85. The average Bonchev–Trinajstić information content (AvgIpc) is 3.04. The summed E-state index contributed by atoms with van der Waals surface area (Å²) in [5.41, 5.74) is 2.81. The number of piperidine rings is 1. The van der Waals surface area contributed by atoms with Gasteiger partial charge in [-0.2, -0.15) is 0 Å². The number of imidazole rings is 1. The molecule has 23 heavy (non-hydrogen) atoms. The van der Waals surface area contributed by atoms with Crippen LogP contribution in [0.1, 0.15) is 30.7 Å². The lowest BCUT2D eigenvalue weighted by Gasteiger charge is -2.27. The summed E-state index contributed by atoms with van der Waals surface area (Å²) in [5, 5.41) is 0. The Bertz CT molecular complexity index is 816. The summed E-state index contributed by atoms with van der Waals surface area (Å²) in [6.07, 6.45) is 9.39. The second-order valence-corrected chi connectivity index (χ2v) is 5.81. The van der Waals surface area contributed by atoms with Crippen molar-refractivity contribution in [2.45, 2.75) is 19.3 Å². The summed E-state index contributed by atoms with van der Waals surface area (Å²) in [4.78, 5) is 19.0. The molecule has 0 radical (unpaired) electrons. The van der Waals surface area contributed by atoms with E-state index in [2.05, 4.69) is 37.0 Å². The first-order valence-corrected chi connectivity index (χ1v) is 8.09. The molecular weight excluding hydrogens is 286 g/mol. The Hall–Kier alpha value is -2.69. The van der Waals surface area contributed by atoms with Crippen molar-refractivity contribution in [3.63, 3.8) is 0 Å². The van der Waals surface area contributed by atoms with Crippen LogP contribution in [0.15, 0.2) is 36.7 Å². The molecule has 0 bridgehead atoms. The van der Waals surface area contributed by atoms with Crippen molar-refractivity contribution in [3.8, 4) is 0 Å². The van der Waals surface area contributed by atoms with Crippen LogP contribution in [0.5, 0.6) is 0 Å². The lowest BCUT2D eigenvalue weighted by Crippen LogP contribution is -2.30. The molecule has 1 aliphatic heterocycles. The van der Waals surface area contributed by atoms with E-state index in [1.54, 1.807) is 6.33 Å². The van der Waals surface area contributed by atoms with E-state index in [4.69, 9.17) is 0 Å². The van der Waals surface area contributed by atoms with Crippen molar-refractivity contribution in [1.82, 2.24) is 19.9 Å². The van der Waals surface area contributed by atoms with E-state index >= 15 is 0 Å². The number of H-pyrrole nitrogens is 1. The van der Waals surface area contributed by atoms with Gasteiger partial charge in [-0.3, -0.25) is 0 Å².